The highest BCUT2D eigenvalue weighted by atomic mass is 16.4. The Hall–Kier alpha value is -1.26. The Balaban J connectivity index is 4.02. The molecule has 0 aliphatic carbocycles. The number of urea groups is 1. The summed E-state index contributed by atoms with van der Waals surface area (Å²) >= 11 is 0. The maximum Gasteiger partial charge on any atom is 0.319 e. The van der Waals surface area contributed by atoms with Gasteiger partial charge in [-0.25, -0.2) is 4.79 Å². The van der Waals surface area contributed by atoms with Gasteiger partial charge in [0.2, 0.25) is 0 Å². The Labute approximate surface area is 103 Å². The maximum absolute atomic E-state index is 12.0. The van der Waals surface area contributed by atoms with Crippen LogP contribution in [0.2, 0.25) is 0 Å². The highest BCUT2D eigenvalue weighted by Gasteiger charge is 2.15. The first-order valence-corrected chi connectivity index (χ1v) is 6.24. The van der Waals surface area contributed by atoms with Crippen LogP contribution in [0, 0.1) is 0 Å². The standard InChI is InChI=1S/C12H24N2O3/c1-4-6-10-14(5-2)12(17)13(3)9-7-8-11(15)16/h4-10H2,1-3H3,(H,15,16). The number of nitrogens with zero attached hydrogens (tertiary/aromatic N) is 2. The number of carboxylic acid groups (broad SMARTS) is 1. The quantitative estimate of drug-likeness (QED) is 0.710. The summed E-state index contributed by atoms with van der Waals surface area (Å²) in [5.74, 6) is -0.816. The van der Waals surface area contributed by atoms with E-state index in [-0.39, 0.29) is 12.5 Å². The van der Waals surface area contributed by atoms with Gasteiger partial charge in [-0.1, -0.05) is 13.3 Å². The van der Waals surface area contributed by atoms with Gasteiger partial charge in [-0.3, -0.25) is 4.79 Å². The van der Waals surface area contributed by atoms with Gasteiger partial charge in [-0.15, -0.1) is 0 Å². The summed E-state index contributed by atoms with van der Waals surface area (Å²) in [5.41, 5.74) is 0. The topological polar surface area (TPSA) is 60.9 Å². The fraction of sp³-hybridized carbons (Fsp3) is 0.833. The van der Waals surface area contributed by atoms with E-state index in [1.54, 1.807) is 16.8 Å². The number of carbonyl (C=O) groups excluding carboxylic acids is 1. The van der Waals surface area contributed by atoms with E-state index in [4.69, 9.17) is 5.11 Å². The van der Waals surface area contributed by atoms with Gasteiger partial charge in [0.1, 0.15) is 0 Å². The fourth-order valence-corrected chi connectivity index (χ4v) is 1.54. The molecule has 0 spiro atoms. The molecule has 5 nitrogen and oxygen atoms in total. The van der Waals surface area contributed by atoms with E-state index < -0.39 is 5.97 Å². The van der Waals surface area contributed by atoms with Crippen molar-refractivity contribution < 1.29 is 14.7 Å². The lowest BCUT2D eigenvalue weighted by molar-refractivity contribution is -0.137. The molecule has 1 N–H and O–H groups in total. The lowest BCUT2D eigenvalue weighted by atomic mass is 10.3. The Morgan fingerprint density at radius 1 is 1.12 bits per heavy atom. The molecule has 100 valence electrons. The molecular weight excluding hydrogens is 220 g/mol. The highest BCUT2D eigenvalue weighted by Crippen LogP contribution is 2.02. The van der Waals surface area contributed by atoms with Crippen molar-refractivity contribution in [3.8, 4) is 0 Å². The van der Waals surface area contributed by atoms with Crippen LogP contribution in [0.15, 0.2) is 0 Å². The van der Waals surface area contributed by atoms with Crippen molar-refractivity contribution in [1.82, 2.24) is 9.80 Å². The third-order valence-electron chi connectivity index (χ3n) is 2.64. The van der Waals surface area contributed by atoms with Crippen LogP contribution in [0.25, 0.3) is 0 Å². The Bertz CT molecular complexity index is 244. The van der Waals surface area contributed by atoms with Crippen molar-refractivity contribution in [2.45, 2.75) is 39.5 Å². The third kappa shape index (κ3) is 6.81. The molecule has 0 rings (SSSR count). The predicted molar refractivity (Wildman–Crippen MR) is 67.1 cm³/mol. The second-order valence-corrected chi connectivity index (χ2v) is 4.13. The zero-order valence-electron chi connectivity index (χ0n) is 11.1. The minimum atomic E-state index is -0.816. The summed E-state index contributed by atoms with van der Waals surface area (Å²) in [5, 5.41) is 8.52. The molecule has 0 heterocycles. The van der Waals surface area contributed by atoms with Gasteiger partial charge in [0.05, 0.1) is 0 Å². The van der Waals surface area contributed by atoms with Gasteiger partial charge < -0.3 is 14.9 Å². The molecule has 0 aromatic heterocycles. The first-order chi connectivity index (χ1) is 8.02. The lowest BCUT2D eigenvalue weighted by Gasteiger charge is -2.27. The summed E-state index contributed by atoms with van der Waals surface area (Å²) in [6, 6.07) is -0.00802. The van der Waals surface area contributed by atoms with Gasteiger partial charge in [0.25, 0.3) is 0 Å². The fourth-order valence-electron chi connectivity index (χ4n) is 1.54. The number of hydrogen-bond acceptors (Lipinski definition) is 2. The molecule has 2 amide bonds. The normalized spacial score (nSPS) is 10.1. The molecule has 0 radical (unpaired) electrons. The molecular formula is C12H24N2O3. The summed E-state index contributed by atoms with van der Waals surface area (Å²) in [6.07, 6.45) is 2.68. The van der Waals surface area contributed by atoms with Crippen LogP contribution in [-0.4, -0.2) is 53.6 Å². The average molecular weight is 244 g/mol. The lowest BCUT2D eigenvalue weighted by Crippen LogP contribution is -2.42. The maximum atomic E-state index is 12.0. The van der Waals surface area contributed by atoms with E-state index in [9.17, 15) is 9.59 Å². The smallest absolute Gasteiger partial charge is 0.319 e. The Morgan fingerprint density at radius 3 is 2.24 bits per heavy atom. The van der Waals surface area contributed by atoms with Crippen LogP contribution in [0.3, 0.4) is 0 Å². The van der Waals surface area contributed by atoms with Gasteiger partial charge in [-0.05, 0) is 19.8 Å². The molecule has 0 saturated carbocycles. The zero-order valence-corrected chi connectivity index (χ0v) is 11.1. The molecule has 17 heavy (non-hydrogen) atoms. The largest absolute Gasteiger partial charge is 0.481 e. The van der Waals surface area contributed by atoms with Crippen molar-refractivity contribution in [3.63, 3.8) is 0 Å². The van der Waals surface area contributed by atoms with Crippen molar-refractivity contribution in [3.05, 3.63) is 0 Å². The molecule has 0 aromatic carbocycles. The van der Waals surface area contributed by atoms with Crippen molar-refractivity contribution >= 4 is 12.0 Å². The van der Waals surface area contributed by atoms with Crippen LogP contribution in [0.1, 0.15) is 39.5 Å². The van der Waals surface area contributed by atoms with E-state index in [0.29, 0.717) is 19.5 Å². The van der Waals surface area contributed by atoms with Crippen molar-refractivity contribution in [2.75, 3.05) is 26.7 Å². The van der Waals surface area contributed by atoms with Crippen LogP contribution in [0.5, 0.6) is 0 Å². The third-order valence-corrected chi connectivity index (χ3v) is 2.64. The van der Waals surface area contributed by atoms with Crippen LogP contribution < -0.4 is 0 Å². The van der Waals surface area contributed by atoms with Gasteiger partial charge in [0, 0.05) is 33.1 Å². The number of carbonyl (C=O) groups is 2. The molecule has 0 fully saturated rings. The first kappa shape index (κ1) is 15.7. The van der Waals surface area contributed by atoms with E-state index in [1.165, 1.54) is 0 Å². The number of carboxylic acids is 1. The Kier molecular flexibility index (Phi) is 8.19. The van der Waals surface area contributed by atoms with Crippen molar-refractivity contribution in [2.24, 2.45) is 0 Å². The van der Waals surface area contributed by atoms with Crippen LogP contribution in [0.4, 0.5) is 4.79 Å². The molecule has 0 bridgehead atoms. The number of amides is 2. The summed E-state index contributed by atoms with van der Waals surface area (Å²) in [7, 11) is 1.72. The van der Waals surface area contributed by atoms with E-state index >= 15 is 0 Å². The van der Waals surface area contributed by atoms with Crippen LogP contribution in [-0.2, 0) is 4.79 Å². The summed E-state index contributed by atoms with van der Waals surface area (Å²) in [4.78, 5) is 25.7. The second-order valence-electron chi connectivity index (χ2n) is 4.13. The molecule has 0 atom stereocenters. The number of aliphatic carboxylic acids is 1. The van der Waals surface area contributed by atoms with E-state index in [2.05, 4.69) is 6.92 Å². The Morgan fingerprint density at radius 2 is 1.76 bits per heavy atom. The first-order valence-electron chi connectivity index (χ1n) is 6.24. The van der Waals surface area contributed by atoms with Gasteiger partial charge >= 0.3 is 12.0 Å². The van der Waals surface area contributed by atoms with Crippen molar-refractivity contribution in [1.29, 1.82) is 0 Å². The van der Waals surface area contributed by atoms with Gasteiger partial charge in [-0.2, -0.15) is 0 Å². The number of unbranched alkanes of at least 4 members (excludes halogenated alkanes) is 1. The SMILES string of the molecule is CCCCN(CC)C(=O)N(C)CCCC(=O)O. The van der Waals surface area contributed by atoms with E-state index in [1.807, 2.05) is 6.92 Å². The second kappa shape index (κ2) is 8.84. The molecule has 0 saturated heterocycles. The molecule has 5 heteroatoms. The van der Waals surface area contributed by atoms with Gasteiger partial charge in [0.15, 0.2) is 0 Å². The minimum Gasteiger partial charge on any atom is -0.481 e. The van der Waals surface area contributed by atoms with Crippen LogP contribution >= 0.6 is 0 Å². The van der Waals surface area contributed by atoms with E-state index in [0.717, 1.165) is 19.4 Å². The molecule has 0 aliphatic rings. The number of hydrogen-bond donors (Lipinski definition) is 1. The summed E-state index contributed by atoms with van der Waals surface area (Å²) in [6.45, 7) is 6.01. The molecule has 0 unspecified atom stereocenters. The minimum absolute atomic E-state index is 0.00802. The highest BCUT2D eigenvalue weighted by molar-refractivity contribution is 5.74. The zero-order chi connectivity index (χ0) is 13.3. The average Bonchev–Trinajstić information content (AvgIpc) is 2.29. The number of rotatable bonds is 8. The molecule has 0 aliphatic heterocycles. The predicted octanol–water partition coefficient (Wildman–Crippen LogP) is 2.02. The summed E-state index contributed by atoms with van der Waals surface area (Å²) < 4.78 is 0. The monoisotopic (exact) mass is 244 g/mol. The molecule has 0 aromatic rings.